The third-order valence-corrected chi connectivity index (χ3v) is 1.77. The Morgan fingerprint density at radius 1 is 1.60 bits per heavy atom. The van der Waals surface area contributed by atoms with E-state index in [0.717, 1.165) is 12.8 Å². The van der Waals surface area contributed by atoms with Crippen molar-refractivity contribution in [2.45, 2.75) is 12.8 Å². The fourth-order valence-corrected chi connectivity index (χ4v) is 0.839. The Morgan fingerprint density at radius 2 is 2.20 bits per heavy atom. The van der Waals surface area contributed by atoms with Crippen LogP contribution in [-0.4, -0.2) is 11.1 Å². The van der Waals surface area contributed by atoms with Gasteiger partial charge >= 0.3 is 5.97 Å². The number of carboxylic acids is 1. The maximum atomic E-state index is 10.5. The van der Waals surface area contributed by atoms with Crippen LogP contribution in [0.15, 0.2) is 24.8 Å². The van der Waals surface area contributed by atoms with E-state index in [4.69, 9.17) is 5.11 Å². The molecule has 1 rings (SSSR count). The van der Waals surface area contributed by atoms with Gasteiger partial charge in [-0.15, -0.1) is 0 Å². The minimum absolute atomic E-state index is 0.534. The van der Waals surface area contributed by atoms with Crippen LogP contribution in [0.3, 0.4) is 0 Å². The number of hydrogen-bond donors (Lipinski definition) is 1. The molecule has 0 heterocycles. The van der Waals surface area contributed by atoms with Gasteiger partial charge in [0.15, 0.2) is 0 Å². The molecule has 0 amide bonds. The molecule has 1 aliphatic carbocycles. The summed E-state index contributed by atoms with van der Waals surface area (Å²) in [6.45, 7) is 3.47. The third kappa shape index (κ3) is 1.10. The summed E-state index contributed by atoms with van der Waals surface area (Å²) >= 11 is 0. The first-order chi connectivity index (χ1) is 4.71. The van der Waals surface area contributed by atoms with Crippen molar-refractivity contribution in [2.75, 3.05) is 0 Å². The van der Waals surface area contributed by atoms with Crippen molar-refractivity contribution in [1.82, 2.24) is 0 Å². The molecule has 0 aromatic rings. The van der Waals surface area contributed by atoms with Gasteiger partial charge in [-0.2, -0.15) is 0 Å². The molecule has 10 heavy (non-hydrogen) atoms. The largest absolute Gasteiger partial charge is 0.481 e. The van der Waals surface area contributed by atoms with Crippen LogP contribution >= 0.6 is 0 Å². The van der Waals surface area contributed by atoms with Crippen molar-refractivity contribution < 1.29 is 9.90 Å². The van der Waals surface area contributed by atoms with E-state index in [-0.39, 0.29) is 0 Å². The summed E-state index contributed by atoms with van der Waals surface area (Å²) in [7, 11) is 0. The average Bonchev–Trinajstić information content (AvgIpc) is 2.64. The Balaban J connectivity index is 2.61. The Labute approximate surface area is 59.9 Å². The highest BCUT2D eigenvalue weighted by molar-refractivity contribution is 5.80. The molecule has 1 N–H and O–H groups in total. The molecule has 0 bridgehead atoms. The summed E-state index contributed by atoms with van der Waals surface area (Å²) in [5.41, 5.74) is -0.534. The van der Waals surface area contributed by atoms with Crippen LogP contribution in [0.5, 0.6) is 0 Å². The minimum atomic E-state index is -0.717. The van der Waals surface area contributed by atoms with Gasteiger partial charge in [0, 0.05) is 0 Å². The Bertz CT molecular complexity index is 187. The quantitative estimate of drug-likeness (QED) is 0.601. The number of carbonyl (C=O) groups is 1. The summed E-state index contributed by atoms with van der Waals surface area (Å²) in [6.07, 6.45) is 6.55. The molecular weight excluding hydrogens is 128 g/mol. The van der Waals surface area contributed by atoms with E-state index >= 15 is 0 Å². The Kier molecular flexibility index (Phi) is 1.62. The summed E-state index contributed by atoms with van der Waals surface area (Å²) in [4.78, 5) is 10.5. The molecule has 0 saturated heterocycles. The molecule has 1 fully saturated rings. The zero-order chi connectivity index (χ0) is 7.61. The maximum absolute atomic E-state index is 10.5. The van der Waals surface area contributed by atoms with E-state index < -0.39 is 11.4 Å². The lowest BCUT2D eigenvalue weighted by atomic mass is 10.1. The number of carboxylic acid groups (broad SMARTS) is 1. The SMILES string of the molecule is C=C/C=C/C1(C(=O)O)CC1. The zero-order valence-corrected chi connectivity index (χ0v) is 5.71. The van der Waals surface area contributed by atoms with Gasteiger partial charge in [-0.05, 0) is 12.8 Å². The van der Waals surface area contributed by atoms with E-state index in [1.807, 2.05) is 0 Å². The summed E-state index contributed by atoms with van der Waals surface area (Å²) in [6, 6.07) is 0. The molecule has 0 unspecified atom stereocenters. The van der Waals surface area contributed by atoms with Gasteiger partial charge in [-0.3, -0.25) is 4.79 Å². The Hall–Kier alpha value is -1.05. The van der Waals surface area contributed by atoms with Crippen LogP contribution in [0.4, 0.5) is 0 Å². The van der Waals surface area contributed by atoms with E-state index in [1.54, 1.807) is 18.2 Å². The lowest BCUT2D eigenvalue weighted by Crippen LogP contribution is -2.10. The van der Waals surface area contributed by atoms with Gasteiger partial charge in [0.1, 0.15) is 0 Å². The predicted molar refractivity (Wildman–Crippen MR) is 38.6 cm³/mol. The van der Waals surface area contributed by atoms with E-state index in [9.17, 15) is 4.79 Å². The third-order valence-electron chi connectivity index (χ3n) is 1.77. The highest BCUT2D eigenvalue weighted by Gasteiger charge is 2.47. The minimum Gasteiger partial charge on any atom is -0.481 e. The van der Waals surface area contributed by atoms with Crippen LogP contribution < -0.4 is 0 Å². The van der Waals surface area contributed by atoms with Crippen molar-refractivity contribution in [3.05, 3.63) is 24.8 Å². The molecule has 54 valence electrons. The second kappa shape index (κ2) is 2.29. The van der Waals surface area contributed by atoms with Gasteiger partial charge in [0.05, 0.1) is 5.41 Å². The van der Waals surface area contributed by atoms with Gasteiger partial charge in [-0.25, -0.2) is 0 Å². The number of aliphatic carboxylic acids is 1. The first-order valence-corrected chi connectivity index (χ1v) is 3.25. The average molecular weight is 138 g/mol. The molecule has 0 radical (unpaired) electrons. The lowest BCUT2D eigenvalue weighted by molar-refractivity contribution is -0.141. The van der Waals surface area contributed by atoms with Crippen LogP contribution in [0, 0.1) is 5.41 Å². The smallest absolute Gasteiger partial charge is 0.313 e. The van der Waals surface area contributed by atoms with E-state index in [2.05, 4.69) is 6.58 Å². The highest BCUT2D eigenvalue weighted by atomic mass is 16.4. The topological polar surface area (TPSA) is 37.3 Å². The van der Waals surface area contributed by atoms with Crippen molar-refractivity contribution in [3.63, 3.8) is 0 Å². The van der Waals surface area contributed by atoms with Gasteiger partial charge in [-0.1, -0.05) is 24.8 Å². The first kappa shape index (κ1) is 7.06. The summed E-state index contributed by atoms with van der Waals surface area (Å²) in [5, 5.41) is 8.64. The summed E-state index contributed by atoms with van der Waals surface area (Å²) < 4.78 is 0. The fourth-order valence-electron chi connectivity index (χ4n) is 0.839. The van der Waals surface area contributed by atoms with E-state index in [0.29, 0.717) is 0 Å². The fraction of sp³-hybridized carbons (Fsp3) is 0.375. The van der Waals surface area contributed by atoms with Crippen molar-refractivity contribution in [2.24, 2.45) is 5.41 Å². The van der Waals surface area contributed by atoms with E-state index in [1.165, 1.54) is 0 Å². The molecule has 1 saturated carbocycles. The van der Waals surface area contributed by atoms with Gasteiger partial charge in [0.25, 0.3) is 0 Å². The predicted octanol–water partition coefficient (Wildman–Crippen LogP) is 1.59. The molecule has 0 aromatic carbocycles. The van der Waals surface area contributed by atoms with Crippen molar-refractivity contribution in [1.29, 1.82) is 0 Å². The zero-order valence-electron chi connectivity index (χ0n) is 5.71. The molecule has 0 aromatic heterocycles. The van der Waals surface area contributed by atoms with Crippen LogP contribution in [0.25, 0.3) is 0 Å². The van der Waals surface area contributed by atoms with Crippen LogP contribution in [-0.2, 0) is 4.79 Å². The molecular formula is C8H10O2. The lowest BCUT2D eigenvalue weighted by Gasteiger charge is -1.98. The molecule has 0 atom stereocenters. The molecule has 2 nitrogen and oxygen atoms in total. The second-order valence-electron chi connectivity index (χ2n) is 2.56. The maximum Gasteiger partial charge on any atom is 0.313 e. The standard InChI is InChI=1S/C8H10O2/c1-2-3-4-8(5-6-8)7(9)10/h2-4H,1,5-6H2,(H,9,10)/b4-3+. The van der Waals surface area contributed by atoms with Crippen LogP contribution in [0.2, 0.25) is 0 Å². The number of hydrogen-bond acceptors (Lipinski definition) is 1. The molecule has 0 spiro atoms. The normalized spacial score (nSPS) is 20.8. The monoisotopic (exact) mass is 138 g/mol. The van der Waals surface area contributed by atoms with Gasteiger partial charge in [0.2, 0.25) is 0 Å². The van der Waals surface area contributed by atoms with Crippen molar-refractivity contribution in [3.8, 4) is 0 Å². The second-order valence-corrected chi connectivity index (χ2v) is 2.56. The van der Waals surface area contributed by atoms with Gasteiger partial charge < -0.3 is 5.11 Å². The first-order valence-electron chi connectivity index (χ1n) is 3.25. The number of allylic oxidation sites excluding steroid dienone is 2. The summed E-state index contributed by atoms with van der Waals surface area (Å²) in [5.74, 6) is -0.717. The van der Waals surface area contributed by atoms with Crippen LogP contribution in [0.1, 0.15) is 12.8 Å². The molecule has 0 aliphatic heterocycles. The number of rotatable bonds is 3. The molecule has 1 aliphatic rings. The highest BCUT2D eigenvalue weighted by Crippen LogP contribution is 2.47. The molecule has 2 heteroatoms. The van der Waals surface area contributed by atoms with Crippen molar-refractivity contribution >= 4 is 5.97 Å². The Morgan fingerprint density at radius 3 is 2.50 bits per heavy atom.